The smallest absolute Gasteiger partial charge is 0.123 e. The molecule has 1 N–H and O–H groups in total. The summed E-state index contributed by atoms with van der Waals surface area (Å²) in [5.41, 5.74) is 4.38. The molecular weight excluding hydrogens is 263 g/mol. The van der Waals surface area contributed by atoms with Crippen LogP contribution in [0.4, 0.5) is 4.39 Å². The van der Waals surface area contributed by atoms with E-state index in [1.165, 1.54) is 23.8 Å². The lowest BCUT2D eigenvalue weighted by molar-refractivity contribution is 0.219. The quantitative estimate of drug-likeness (QED) is 0.858. The maximum absolute atomic E-state index is 13.3. The Morgan fingerprint density at radius 1 is 0.947 bits per heavy atom. The van der Waals surface area contributed by atoms with Gasteiger partial charge in [0.05, 0.1) is 0 Å². The minimum Gasteiger partial charge on any atom is -0.384 e. The molecule has 0 saturated carbocycles. The largest absolute Gasteiger partial charge is 0.384 e. The van der Waals surface area contributed by atoms with E-state index in [9.17, 15) is 9.50 Å². The minimum atomic E-state index is -0.914. The number of hydrogen-bond donors (Lipinski definition) is 1. The molecule has 2 rings (SSSR count). The fourth-order valence-corrected chi connectivity index (χ4v) is 2.39. The van der Waals surface area contributed by atoms with E-state index in [-0.39, 0.29) is 0 Å². The summed E-state index contributed by atoms with van der Waals surface area (Å²) in [6.45, 7) is 5.93. The highest BCUT2D eigenvalue weighted by atomic mass is 35.5. The summed E-state index contributed by atoms with van der Waals surface area (Å²) in [6.07, 6.45) is -0.914. The van der Waals surface area contributed by atoms with Gasteiger partial charge in [-0.2, -0.15) is 0 Å². The summed E-state index contributed by atoms with van der Waals surface area (Å²) in [5.74, 6) is -0.403. The molecule has 0 heterocycles. The number of halogens is 2. The van der Waals surface area contributed by atoms with Crippen molar-refractivity contribution in [3.05, 3.63) is 69.0 Å². The molecule has 0 amide bonds. The molecule has 0 spiro atoms. The second-order valence-corrected chi connectivity index (χ2v) is 5.27. The van der Waals surface area contributed by atoms with Crippen LogP contribution in [0, 0.1) is 26.6 Å². The summed E-state index contributed by atoms with van der Waals surface area (Å²) < 4.78 is 13.3. The van der Waals surface area contributed by atoms with Gasteiger partial charge in [-0.15, -0.1) is 0 Å². The molecule has 2 aromatic carbocycles. The van der Waals surface area contributed by atoms with Crippen LogP contribution in [-0.4, -0.2) is 5.11 Å². The molecule has 0 aromatic heterocycles. The van der Waals surface area contributed by atoms with Crippen LogP contribution in [0.25, 0.3) is 0 Å². The van der Waals surface area contributed by atoms with Crippen molar-refractivity contribution in [2.75, 3.05) is 0 Å². The average Bonchev–Trinajstić information content (AvgIpc) is 2.36. The van der Waals surface area contributed by atoms with Crippen molar-refractivity contribution >= 4 is 11.6 Å². The number of aryl methyl sites for hydroxylation is 3. The molecule has 0 fully saturated rings. The first-order valence-electron chi connectivity index (χ1n) is 6.11. The predicted molar refractivity (Wildman–Crippen MR) is 76.1 cm³/mol. The van der Waals surface area contributed by atoms with E-state index in [2.05, 4.69) is 0 Å². The van der Waals surface area contributed by atoms with Gasteiger partial charge in [-0.1, -0.05) is 23.7 Å². The van der Waals surface area contributed by atoms with Crippen LogP contribution in [0.3, 0.4) is 0 Å². The van der Waals surface area contributed by atoms with E-state index >= 15 is 0 Å². The van der Waals surface area contributed by atoms with Crippen LogP contribution in [0.15, 0.2) is 30.3 Å². The van der Waals surface area contributed by atoms with Gasteiger partial charge in [0.15, 0.2) is 0 Å². The van der Waals surface area contributed by atoms with Crippen LogP contribution < -0.4 is 0 Å². The van der Waals surface area contributed by atoms with Crippen molar-refractivity contribution in [3.8, 4) is 0 Å². The number of aliphatic hydroxyl groups is 1. The fourth-order valence-electron chi connectivity index (χ4n) is 2.17. The molecule has 2 aromatic rings. The molecule has 1 nitrogen and oxygen atoms in total. The first-order chi connectivity index (χ1) is 8.90. The molecule has 100 valence electrons. The van der Waals surface area contributed by atoms with E-state index in [4.69, 9.17) is 11.6 Å². The van der Waals surface area contributed by atoms with Crippen LogP contribution >= 0.6 is 11.6 Å². The fraction of sp³-hybridized carbons (Fsp3) is 0.250. The van der Waals surface area contributed by atoms with Crippen molar-refractivity contribution < 1.29 is 9.50 Å². The molecule has 0 aliphatic carbocycles. The third-order valence-corrected chi connectivity index (χ3v) is 3.77. The summed E-state index contributed by atoms with van der Waals surface area (Å²) in [5, 5.41) is 10.8. The van der Waals surface area contributed by atoms with Gasteiger partial charge < -0.3 is 5.11 Å². The van der Waals surface area contributed by atoms with Crippen molar-refractivity contribution in [1.82, 2.24) is 0 Å². The van der Waals surface area contributed by atoms with Crippen molar-refractivity contribution in [2.45, 2.75) is 26.9 Å². The van der Waals surface area contributed by atoms with Gasteiger partial charge in [0, 0.05) is 10.6 Å². The molecule has 19 heavy (non-hydrogen) atoms. The standard InChI is InChI=1S/C16H16ClFO/c1-9-6-11(3)13(7-10(9)2)16(19)14-8-12(18)4-5-15(14)17/h4-8,16,19H,1-3H3. The SMILES string of the molecule is Cc1cc(C)c(C(O)c2cc(F)ccc2Cl)cc1C. The molecule has 1 atom stereocenters. The Labute approximate surface area is 117 Å². The zero-order valence-corrected chi connectivity index (χ0v) is 11.9. The third kappa shape index (κ3) is 2.80. The Morgan fingerprint density at radius 2 is 1.58 bits per heavy atom. The average molecular weight is 279 g/mol. The summed E-state index contributed by atoms with van der Waals surface area (Å²) in [6, 6.07) is 7.97. The highest BCUT2D eigenvalue weighted by molar-refractivity contribution is 6.31. The summed E-state index contributed by atoms with van der Waals surface area (Å²) in [4.78, 5) is 0. The van der Waals surface area contributed by atoms with E-state index in [0.717, 1.165) is 16.7 Å². The number of aliphatic hydroxyl groups excluding tert-OH is 1. The Balaban J connectivity index is 2.52. The van der Waals surface area contributed by atoms with Gasteiger partial charge >= 0.3 is 0 Å². The first kappa shape index (κ1) is 14.0. The number of benzene rings is 2. The summed E-state index contributed by atoms with van der Waals surface area (Å²) in [7, 11) is 0. The maximum Gasteiger partial charge on any atom is 0.123 e. The van der Waals surface area contributed by atoms with Gasteiger partial charge in [0.25, 0.3) is 0 Å². The van der Waals surface area contributed by atoms with E-state index in [1.807, 2.05) is 32.9 Å². The van der Waals surface area contributed by atoms with Crippen molar-refractivity contribution in [3.63, 3.8) is 0 Å². The molecule has 0 aliphatic heterocycles. The van der Waals surface area contributed by atoms with E-state index < -0.39 is 11.9 Å². The van der Waals surface area contributed by atoms with Crippen LogP contribution in [0.2, 0.25) is 5.02 Å². The lowest BCUT2D eigenvalue weighted by Crippen LogP contribution is -2.04. The van der Waals surface area contributed by atoms with Gasteiger partial charge in [-0.05, 0) is 61.2 Å². The van der Waals surface area contributed by atoms with E-state index in [0.29, 0.717) is 10.6 Å². The lowest BCUT2D eigenvalue weighted by Gasteiger charge is -2.17. The van der Waals surface area contributed by atoms with Crippen LogP contribution in [-0.2, 0) is 0 Å². The number of hydrogen-bond acceptors (Lipinski definition) is 1. The Morgan fingerprint density at radius 3 is 2.26 bits per heavy atom. The molecule has 0 saturated heterocycles. The second kappa shape index (κ2) is 5.32. The maximum atomic E-state index is 13.3. The van der Waals surface area contributed by atoms with Gasteiger partial charge in [-0.25, -0.2) is 4.39 Å². The van der Waals surface area contributed by atoms with Gasteiger partial charge in [0.1, 0.15) is 11.9 Å². The first-order valence-corrected chi connectivity index (χ1v) is 6.48. The topological polar surface area (TPSA) is 20.2 Å². The normalized spacial score (nSPS) is 12.5. The summed E-state index contributed by atoms with van der Waals surface area (Å²) >= 11 is 6.04. The Hall–Kier alpha value is -1.38. The van der Waals surface area contributed by atoms with Crippen LogP contribution in [0.5, 0.6) is 0 Å². The minimum absolute atomic E-state index is 0.367. The highest BCUT2D eigenvalue weighted by Gasteiger charge is 2.17. The lowest BCUT2D eigenvalue weighted by atomic mass is 9.93. The molecule has 0 bridgehead atoms. The molecular formula is C16H16ClFO. The zero-order valence-electron chi connectivity index (χ0n) is 11.2. The zero-order chi connectivity index (χ0) is 14.2. The molecule has 0 radical (unpaired) electrons. The monoisotopic (exact) mass is 278 g/mol. The second-order valence-electron chi connectivity index (χ2n) is 4.86. The van der Waals surface area contributed by atoms with Gasteiger partial charge in [-0.3, -0.25) is 0 Å². The third-order valence-electron chi connectivity index (χ3n) is 3.43. The molecule has 1 unspecified atom stereocenters. The van der Waals surface area contributed by atoms with Crippen molar-refractivity contribution in [1.29, 1.82) is 0 Å². The van der Waals surface area contributed by atoms with Gasteiger partial charge in [0.2, 0.25) is 0 Å². The van der Waals surface area contributed by atoms with E-state index in [1.54, 1.807) is 0 Å². The van der Waals surface area contributed by atoms with Crippen LogP contribution in [0.1, 0.15) is 33.9 Å². The molecule has 3 heteroatoms. The number of rotatable bonds is 2. The van der Waals surface area contributed by atoms with Crippen molar-refractivity contribution in [2.24, 2.45) is 0 Å². The Kier molecular flexibility index (Phi) is 3.93. The highest BCUT2D eigenvalue weighted by Crippen LogP contribution is 2.31. The predicted octanol–water partition coefficient (Wildman–Crippen LogP) is 4.49. The molecule has 0 aliphatic rings. The Bertz CT molecular complexity index is 622.